The van der Waals surface area contributed by atoms with Crippen molar-refractivity contribution < 1.29 is 4.79 Å². The Bertz CT molecular complexity index is 1090. The van der Waals surface area contributed by atoms with Crippen molar-refractivity contribution in [3.8, 4) is 0 Å². The fourth-order valence-corrected chi connectivity index (χ4v) is 4.01. The average molecular weight is 376 g/mol. The summed E-state index contributed by atoms with van der Waals surface area (Å²) >= 11 is 0. The normalized spacial score (nSPS) is 17.9. The van der Waals surface area contributed by atoms with E-state index in [-0.39, 0.29) is 35.9 Å². The summed E-state index contributed by atoms with van der Waals surface area (Å²) in [5.74, 6) is -0.0821. The van der Waals surface area contributed by atoms with Gasteiger partial charge in [0.2, 0.25) is 5.91 Å². The quantitative estimate of drug-likeness (QED) is 0.759. The van der Waals surface area contributed by atoms with E-state index in [0.29, 0.717) is 10.9 Å². The van der Waals surface area contributed by atoms with Gasteiger partial charge in [0.05, 0.1) is 18.0 Å². The smallest absolute Gasteiger partial charge is 0.277 e. The zero-order chi connectivity index (χ0) is 19.7. The molecule has 1 aliphatic rings. The molecule has 1 unspecified atom stereocenters. The van der Waals surface area contributed by atoms with Crippen LogP contribution in [0, 0.1) is 0 Å². The Morgan fingerprint density at radius 2 is 1.93 bits per heavy atom. The molecule has 0 radical (unpaired) electrons. The number of carbonyl (C=O) groups excluding carboxylic acids is 1. The van der Waals surface area contributed by atoms with Crippen LogP contribution in [0.1, 0.15) is 50.3 Å². The highest BCUT2D eigenvalue weighted by Crippen LogP contribution is 2.41. The van der Waals surface area contributed by atoms with Crippen molar-refractivity contribution in [2.75, 3.05) is 0 Å². The molecular weight excluding hydrogens is 352 g/mol. The summed E-state index contributed by atoms with van der Waals surface area (Å²) in [4.78, 5) is 25.1. The van der Waals surface area contributed by atoms with E-state index in [2.05, 4.69) is 47.7 Å². The van der Waals surface area contributed by atoms with E-state index in [1.54, 1.807) is 18.2 Å². The molecule has 1 amide bonds. The van der Waals surface area contributed by atoms with Crippen molar-refractivity contribution in [2.45, 2.75) is 51.1 Å². The molecule has 2 aromatic carbocycles. The Morgan fingerprint density at radius 1 is 1.18 bits per heavy atom. The number of hydrogen-bond acceptors (Lipinski definition) is 4. The predicted molar refractivity (Wildman–Crippen MR) is 108 cm³/mol. The topological polar surface area (TPSA) is 76.9 Å². The highest BCUT2D eigenvalue weighted by molar-refractivity contribution is 5.77. The lowest BCUT2D eigenvalue weighted by Gasteiger charge is -2.37. The number of carbonyl (C=O) groups is 1. The summed E-state index contributed by atoms with van der Waals surface area (Å²) < 4.78 is 1.26. The summed E-state index contributed by atoms with van der Waals surface area (Å²) in [7, 11) is 0. The summed E-state index contributed by atoms with van der Waals surface area (Å²) in [5.41, 5.74) is 2.95. The Balaban J connectivity index is 1.46. The van der Waals surface area contributed by atoms with Crippen LogP contribution in [0.15, 0.2) is 53.3 Å². The first-order valence-corrected chi connectivity index (χ1v) is 9.67. The third-order valence-electron chi connectivity index (χ3n) is 5.64. The highest BCUT2D eigenvalue weighted by Gasteiger charge is 2.32. The molecule has 4 rings (SSSR count). The van der Waals surface area contributed by atoms with Crippen LogP contribution in [0.4, 0.5) is 0 Å². The van der Waals surface area contributed by atoms with Crippen molar-refractivity contribution in [3.05, 3.63) is 70.0 Å². The summed E-state index contributed by atoms with van der Waals surface area (Å²) in [5, 5.41) is 11.7. The van der Waals surface area contributed by atoms with E-state index < -0.39 is 0 Å². The molecule has 1 aliphatic carbocycles. The Labute approximate surface area is 163 Å². The van der Waals surface area contributed by atoms with E-state index in [4.69, 9.17) is 0 Å². The summed E-state index contributed by atoms with van der Waals surface area (Å²) in [6.07, 6.45) is 2.12. The van der Waals surface area contributed by atoms with Crippen LogP contribution in [0.25, 0.3) is 10.9 Å². The molecule has 0 saturated carbocycles. The summed E-state index contributed by atoms with van der Waals surface area (Å²) in [6, 6.07) is 15.4. The lowest BCUT2D eigenvalue weighted by molar-refractivity contribution is -0.122. The SMILES string of the molecule is CC1(C)CCC(NC(=O)CCn2nnc3ccccc3c2=O)c2ccccc21. The maximum atomic E-state index is 12.6. The number of rotatable bonds is 4. The second-order valence-corrected chi connectivity index (χ2v) is 8.01. The van der Waals surface area contributed by atoms with Crippen LogP contribution in [0.3, 0.4) is 0 Å². The van der Waals surface area contributed by atoms with Crippen molar-refractivity contribution in [2.24, 2.45) is 0 Å². The minimum absolute atomic E-state index is 0.0103. The Hall–Kier alpha value is -3.02. The summed E-state index contributed by atoms with van der Waals surface area (Å²) in [6.45, 7) is 4.70. The standard InChI is InChI=1S/C22H24N4O2/c1-22(2)13-11-18(15-7-3-5-9-17(15)22)23-20(27)12-14-26-21(28)16-8-4-6-10-19(16)24-25-26/h3-10,18H,11-14H2,1-2H3,(H,23,27). The van der Waals surface area contributed by atoms with Crippen LogP contribution >= 0.6 is 0 Å². The minimum atomic E-state index is -0.219. The third kappa shape index (κ3) is 3.42. The number of aryl methyl sites for hydroxylation is 1. The number of benzene rings is 2. The van der Waals surface area contributed by atoms with Gasteiger partial charge < -0.3 is 5.32 Å². The van der Waals surface area contributed by atoms with Gasteiger partial charge >= 0.3 is 0 Å². The third-order valence-corrected chi connectivity index (χ3v) is 5.64. The monoisotopic (exact) mass is 376 g/mol. The molecule has 28 heavy (non-hydrogen) atoms. The van der Waals surface area contributed by atoms with Gasteiger partial charge in [0.15, 0.2) is 0 Å². The molecule has 0 saturated heterocycles. The fraction of sp³-hybridized carbons (Fsp3) is 0.364. The lowest BCUT2D eigenvalue weighted by atomic mass is 9.71. The van der Waals surface area contributed by atoms with Crippen molar-refractivity contribution in [3.63, 3.8) is 0 Å². The highest BCUT2D eigenvalue weighted by atomic mass is 16.2. The van der Waals surface area contributed by atoms with Crippen molar-refractivity contribution in [1.82, 2.24) is 20.3 Å². The van der Waals surface area contributed by atoms with E-state index in [1.807, 2.05) is 12.1 Å². The molecule has 6 heteroatoms. The number of amides is 1. The van der Waals surface area contributed by atoms with Gasteiger partial charge in [0, 0.05) is 6.42 Å². The van der Waals surface area contributed by atoms with Crippen LogP contribution in [-0.4, -0.2) is 20.9 Å². The molecule has 0 bridgehead atoms. The molecule has 0 fully saturated rings. The van der Waals surface area contributed by atoms with Crippen molar-refractivity contribution in [1.29, 1.82) is 0 Å². The molecular formula is C22H24N4O2. The molecule has 1 N–H and O–H groups in total. The van der Waals surface area contributed by atoms with Crippen LogP contribution in [0.5, 0.6) is 0 Å². The van der Waals surface area contributed by atoms with Gasteiger partial charge in [-0.2, -0.15) is 0 Å². The molecule has 1 atom stereocenters. The van der Waals surface area contributed by atoms with Crippen molar-refractivity contribution >= 4 is 16.8 Å². The van der Waals surface area contributed by atoms with E-state index in [1.165, 1.54) is 15.8 Å². The van der Waals surface area contributed by atoms with Crippen LogP contribution < -0.4 is 10.9 Å². The predicted octanol–water partition coefficient (Wildman–Crippen LogP) is 3.11. The van der Waals surface area contributed by atoms with Gasteiger partial charge in [-0.25, -0.2) is 4.68 Å². The molecule has 6 nitrogen and oxygen atoms in total. The van der Waals surface area contributed by atoms with Gasteiger partial charge in [-0.15, -0.1) is 5.10 Å². The first-order chi connectivity index (χ1) is 13.5. The first-order valence-electron chi connectivity index (χ1n) is 9.67. The number of nitrogens with zero attached hydrogens (tertiary/aromatic N) is 3. The minimum Gasteiger partial charge on any atom is -0.349 e. The molecule has 0 aliphatic heterocycles. The van der Waals surface area contributed by atoms with Gasteiger partial charge in [-0.3, -0.25) is 9.59 Å². The molecule has 1 aromatic heterocycles. The maximum Gasteiger partial charge on any atom is 0.277 e. The van der Waals surface area contributed by atoms with Crippen LogP contribution in [0.2, 0.25) is 0 Å². The first kappa shape index (κ1) is 18.3. The second-order valence-electron chi connectivity index (χ2n) is 8.01. The number of hydrogen-bond donors (Lipinski definition) is 1. The fourth-order valence-electron chi connectivity index (χ4n) is 4.01. The number of aromatic nitrogens is 3. The van der Waals surface area contributed by atoms with E-state index in [9.17, 15) is 9.59 Å². The van der Waals surface area contributed by atoms with E-state index in [0.717, 1.165) is 12.8 Å². The number of nitrogens with one attached hydrogen (secondary N) is 1. The van der Waals surface area contributed by atoms with Crippen LogP contribution in [-0.2, 0) is 16.8 Å². The maximum absolute atomic E-state index is 12.6. The Kier molecular flexibility index (Phi) is 4.71. The van der Waals surface area contributed by atoms with E-state index >= 15 is 0 Å². The molecule has 144 valence electrons. The van der Waals surface area contributed by atoms with Gasteiger partial charge in [-0.05, 0) is 41.5 Å². The molecule has 1 heterocycles. The largest absolute Gasteiger partial charge is 0.349 e. The number of fused-ring (bicyclic) bond motifs is 2. The zero-order valence-electron chi connectivity index (χ0n) is 16.2. The molecule has 3 aromatic rings. The average Bonchev–Trinajstić information content (AvgIpc) is 2.70. The second kappa shape index (κ2) is 7.19. The lowest BCUT2D eigenvalue weighted by Crippen LogP contribution is -2.36. The van der Waals surface area contributed by atoms with Gasteiger partial charge in [0.25, 0.3) is 5.56 Å². The van der Waals surface area contributed by atoms with Gasteiger partial charge in [0.1, 0.15) is 5.52 Å². The van der Waals surface area contributed by atoms with Gasteiger partial charge in [-0.1, -0.05) is 55.5 Å². The molecule has 0 spiro atoms. The zero-order valence-corrected chi connectivity index (χ0v) is 16.2. The Morgan fingerprint density at radius 3 is 2.79 bits per heavy atom.